The molecule has 10 heteroatoms. The third kappa shape index (κ3) is 5.47. The summed E-state index contributed by atoms with van der Waals surface area (Å²) in [4.78, 5) is 15.3. The summed E-state index contributed by atoms with van der Waals surface area (Å²) in [5.74, 6) is -4.57. The number of rotatable bonds is 9. The SMILES string of the molecule is CC(=O)C[C@@H](C)COC1CCC(Oc2nc3c(F)cc(OC4CC(F)(F)C4)c(F)c3n2C)CC1. The zero-order valence-electron chi connectivity index (χ0n) is 19.6. The van der Waals surface area contributed by atoms with Gasteiger partial charge in [-0.3, -0.25) is 4.57 Å². The molecule has 0 N–H and O–H groups in total. The fourth-order valence-electron chi connectivity index (χ4n) is 4.64. The number of nitrogens with zero attached hydrogens (tertiary/aromatic N) is 2. The van der Waals surface area contributed by atoms with E-state index in [1.807, 2.05) is 6.92 Å². The van der Waals surface area contributed by atoms with E-state index in [9.17, 15) is 18.0 Å². The van der Waals surface area contributed by atoms with Crippen molar-refractivity contribution < 1.29 is 36.6 Å². The van der Waals surface area contributed by atoms with Crippen LogP contribution >= 0.6 is 0 Å². The first-order chi connectivity index (χ1) is 16.0. The molecule has 2 aliphatic rings. The fourth-order valence-corrected chi connectivity index (χ4v) is 4.64. The molecule has 2 fully saturated rings. The van der Waals surface area contributed by atoms with Gasteiger partial charge in [-0.1, -0.05) is 6.92 Å². The topological polar surface area (TPSA) is 62.6 Å². The molecule has 1 aromatic heterocycles. The highest BCUT2D eigenvalue weighted by Gasteiger charge is 2.47. The fraction of sp³-hybridized carbons (Fsp3) is 0.667. The molecule has 6 nitrogen and oxygen atoms in total. The van der Waals surface area contributed by atoms with Crippen LogP contribution in [-0.4, -0.2) is 46.2 Å². The lowest BCUT2D eigenvalue weighted by molar-refractivity contribution is -0.135. The standard InChI is InChI=1S/C24H30F4N2O4/c1-13(8-14(2)31)12-32-15-4-6-16(7-5-15)34-23-29-21-18(25)9-19(20(26)22(21)30(23)3)33-17-10-24(27,28)11-17/h9,13,15-17H,4-8,10-12H2,1-3H3/t13-,15?,16?/m1/s1. The molecule has 1 atom stereocenters. The molecule has 0 aliphatic heterocycles. The van der Waals surface area contributed by atoms with Crippen molar-refractivity contribution in [1.82, 2.24) is 9.55 Å². The van der Waals surface area contributed by atoms with Gasteiger partial charge in [0.1, 0.15) is 29.0 Å². The second kappa shape index (κ2) is 9.71. The largest absolute Gasteiger partial charge is 0.487 e. The number of alkyl halides is 2. The first-order valence-electron chi connectivity index (χ1n) is 11.7. The minimum absolute atomic E-state index is 0.0829. The Balaban J connectivity index is 1.37. The summed E-state index contributed by atoms with van der Waals surface area (Å²) in [5.41, 5.74) is -0.328. The number of halogens is 4. The number of benzene rings is 1. The molecule has 0 saturated heterocycles. The predicted molar refractivity (Wildman–Crippen MR) is 116 cm³/mol. The Kier molecular flexibility index (Phi) is 7.07. The van der Waals surface area contributed by atoms with Crippen molar-refractivity contribution >= 4 is 16.8 Å². The maximum Gasteiger partial charge on any atom is 0.297 e. The van der Waals surface area contributed by atoms with Gasteiger partial charge in [-0.15, -0.1) is 0 Å². The lowest BCUT2D eigenvalue weighted by atomic mass is 9.91. The number of ketones is 1. The van der Waals surface area contributed by atoms with Gasteiger partial charge in [-0.05, 0) is 38.5 Å². The normalized spacial score (nSPS) is 23.5. The molecular formula is C24H30F4N2O4. The van der Waals surface area contributed by atoms with Crippen LogP contribution in [0.2, 0.25) is 0 Å². The number of hydrogen-bond donors (Lipinski definition) is 0. The number of Topliss-reactive ketones (excluding diaryl/α,β-unsaturated/α-hetero) is 1. The van der Waals surface area contributed by atoms with E-state index in [0.29, 0.717) is 25.9 Å². The molecule has 0 spiro atoms. The number of hydrogen-bond acceptors (Lipinski definition) is 5. The first-order valence-corrected chi connectivity index (χ1v) is 11.7. The molecule has 4 rings (SSSR count). The van der Waals surface area contributed by atoms with Gasteiger partial charge in [0.2, 0.25) is 0 Å². The van der Waals surface area contributed by atoms with E-state index < -0.39 is 42.3 Å². The molecule has 0 unspecified atom stereocenters. The van der Waals surface area contributed by atoms with E-state index in [1.54, 1.807) is 6.92 Å². The van der Waals surface area contributed by atoms with Crippen molar-refractivity contribution in [2.24, 2.45) is 13.0 Å². The van der Waals surface area contributed by atoms with Crippen LogP contribution in [-0.2, 0) is 16.6 Å². The molecule has 0 amide bonds. The Hall–Kier alpha value is -2.36. The molecule has 2 aliphatic carbocycles. The van der Waals surface area contributed by atoms with Gasteiger partial charge in [-0.2, -0.15) is 4.98 Å². The summed E-state index contributed by atoms with van der Waals surface area (Å²) >= 11 is 0. The Morgan fingerprint density at radius 3 is 2.41 bits per heavy atom. The first kappa shape index (κ1) is 24.8. The third-order valence-electron chi connectivity index (χ3n) is 6.45. The summed E-state index contributed by atoms with van der Waals surface area (Å²) in [5, 5.41) is 0. The minimum atomic E-state index is -2.83. The maximum absolute atomic E-state index is 15.1. The van der Waals surface area contributed by atoms with Crippen molar-refractivity contribution in [2.45, 2.75) is 83.0 Å². The molecule has 0 bridgehead atoms. The summed E-state index contributed by atoms with van der Waals surface area (Å²) in [6.07, 6.45) is 1.46. The predicted octanol–water partition coefficient (Wildman–Crippen LogP) is 5.35. The van der Waals surface area contributed by atoms with Gasteiger partial charge in [0, 0.05) is 39.0 Å². The zero-order valence-corrected chi connectivity index (χ0v) is 19.6. The number of imidazole rings is 1. The molecule has 1 heterocycles. The Labute approximate surface area is 195 Å². The van der Waals surface area contributed by atoms with Gasteiger partial charge < -0.3 is 19.0 Å². The molecule has 188 valence electrons. The number of aromatic nitrogens is 2. The number of ether oxygens (including phenoxy) is 3. The van der Waals surface area contributed by atoms with Crippen LogP contribution < -0.4 is 9.47 Å². The highest BCUT2D eigenvalue weighted by molar-refractivity contribution is 5.80. The summed E-state index contributed by atoms with van der Waals surface area (Å²) in [6.45, 7) is 4.08. The highest BCUT2D eigenvalue weighted by Crippen LogP contribution is 2.41. The summed E-state index contributed by atoms with van der Waals surface area (Å²) in [6, 6.07) is 0.931. The molecule has 2 saturated carbocycles. The van der Waals surface area contributed by atoms with E-state index in [-0.39, 0.29) is 41.0 Å². The summed E-state index contributed by atoms with van der Waals surface area (Å²) < 4.78 is 74.3. The molecule has 0 radical (unpaired) electrons. The average Bonchev–Trinajstić information content (AvgIpc) is 3.06. The molecule has 34 heavy (non-hydrogen) atoms. The van der Waals surface area contributed by atoms with Crippen molar-refractivity contribution in [3.05, 3.63) is 17.7 Å². The van der Waals surface area contributed by atoms with E-state index in [0.717, 1.165) is 18.9 Å². The van der Waals surface area contributed by atoms with Gasteiger partial charge in [0.25, 0.3) is 11.9 Å². The number of carbonyl (C=O) groups is 1. The second-order valence-electron chi connectivity index (χ2n) is 9.69. The van der Waals surface area contributed by atoms with Gasteiger partial charge in [0.15, 0.2) is 17.4 Å². The quantitative estimate of drug-likeness (QED) is 0.447. The lowest BCUT2D eigenvalue weighted by Gasteiger charge is -2.34. The van der Waals surface area contributed by atoms with E-state index in [4.69, 9.17) is 14.2 Å². The monoisotopic (exact) mass is 486 g/mol. The second-order valence-corrected chi connectivity index (χ2v) is 9.69. The van der Waals surface area contributed by atoms with Crippen molar-refractivity contribution in [2.75, 3.05) is 6.61 Å². The van der Waals surface area contributed by atoms with E-state index in [2.05, 4.69) is 4.98 Å². The van der Waals surface area contributed by atoms with Crippen LogP contribution in [0.3, 0.4) is 0 Å². The third-order valence-corrected chi connectivity index (χ3v) is 6.45. The van der Waals surface area contributed by atoms with Gasteiger partial charge in [-0.25, -0.2) is 17.6 Å². The zero-order chi connectivity index (χ0) is 24.6. The van der Waals surface area contributed by atoms with Crippen LogP contribution in [0.4, 0.5) is 17.6 Å². The molecular weight excluding hydrogens is 456 g/mol. The van der Waals surface area contributed by atoms with Crippen LogP contribution in [0.15, 0.2) is 6.07 Å². The lowest BCUT2D eigenvalue weighted by Crippen LogP contribution is -2.43. The minimum Gasteiger partial charge on any atom is -0.487 e. The van der Waals surface area contributed by atoms with Gasteiger partial charge >= 0.3 is 0 Å². The van der Waals surface area contributed by atoms with Crippen molar-refractivity contribution in [3.8, 4) is 11.8 Å². The Bertz CT molecular complexity index is 1040. The Morgan fingerprint density at radius 2 is 1.79 bits per heavy atom. The van der Waals surface area contributed by atoms with Gasteiger partial charge in [0.05, 0.1) is 6.10 Å². The van der Waals surface area contributed by atoms with Crippen LogP contribution in [0.5, 0.6) is 11.8 Å². The smallest absolute Gasteiger partial charge is 0.297 e. The number of fused-ring (bicyclic) bond motifs is 1. The van der Waals surface area contributed by atoms with Crippen molar-refractivity contribution in [1.29, 1.82) is 0 Å². The molecule has 1 aromatic carbocycles. The van der Waals surface area contributed by atoms with Crippen LogP contribution in [0.1, 0.15) is 58.8 Å². The number of carbonyl (C=O) groups excluding carboxylic acids is 1. The average molecular weight is 487 g/mol. The van der Waals surface area contributed by atoms with E-state index in [1.165, 1.54) is 11.6 Å². The summed E-state index contributed by atoms with van der Waals surface area (Å²) in [7, 11) is 1.51. The van der Waals surface area contributed by atoms with Crippen LogP contribution in [0.25, 0.3) is 11.0 Å². The van der Waals surface area contributed by atoms with Crippen LogP contribution in [0, 0.1) is 17.6 Å². The number of aryl methyl sites for hydroxylation is 1. The van der Waals surface area contributed by atoms with E-state index >= 15 is 4.39 Å². The van der Waals surface area contributed by atoms with Crippen molar-refractivity contribution in [3.63, 3.8) is 0 Å². The molecule has 2 aromatic rings. The maximum atomic E-state index is 15.1. The Morgan fingerprint density at radius 1 is 1.15 bits per heavy atom. The highest BCUT2D eigenvalue weighted by atomic mass is 19.3.